The molecule has 0 spiro atoms. The lowest BCUT2D eigenvalue weighted by Gasteiger charge is -2.09. The summed E-state index contributed by atoms with van der Waals surface area (Å²) >= 11 is 0. The molecular weight excluding hydrogens is 278 g/mol. The van der Waals surface area contributed by atoms with Crippen molar-refractivity contribution in [1.29, 1.82) is 0 Å². The SMILES string of the molecule is Cc1cc(CNC(=O)Nc2cccc(C(=O)O)c2O)on1. The molecule has 0 fully saturated rings. The molecule has 1 aromatic heterocycles. The Labute approximate surface area is 119 Å². The number of carboxylic acid groups (broad SMARTS) is 1. The second-order valence-corrected chi connectivity index (χ2v) is 4.25. The molecule has 0 unspecified atom stereocenters. The van der Waals surface area contributed by atoms with Crippen LogP contribution in [0.15, 0.2) is 28.8 Å². The third kappa shape index (κ3) is 3.50. The number of hydrogen-bond donors (Lipinski definition) is 4. The molecule has 21 heavy (non-hydrogen) atoms. The number of anilines is 1. The van der Waals surface area contributed by atoms with Gasteiger partial charge in [-0.05, 0) is 19.1 Å². The molecule has 8 nitrogen and oxygen atoms in total. The van der Waals surface area contributed by atoms with Crippen LogP contribution in [0.2, 0.25) is 0 Å². The summed E-state index contributed by atoms with van der Waals surface area (Å²) in [5.74, 6) is -1.31. The highest BCUT2D eigenvalue weighted by Crippen LogP contribution is 2.27. The maximum absolute atomic E-state index is 11.7. The van der Waals surface area contributed by atoms with Crippen LogP contribution in [0.5, 0.6) is 5.75 Å². The Bertz CT molecular complexity index is 680. The molecule has 2 amide bonds. The standard InChI is InChI=1S/C13H13N3O5/c1-7-5-8(21-16-7)6-14-13(20)15-10-4-2-3-9(11(10)17)12(18)19/h2-5,17H,6H2,1H3,(H,18,19)(H2,14,15,20). The lowest BCUT2D eigenvalue weighted by atomic mass is 10.2. The molecule has 0 radical (unpaired) electrons. The summed E-state index contributed by atoms with van der Waals surface area (Å²) in [5.41, 5.74) is 0.402. The number of aromatic nitrogens is 1. The number of amides is 2. The van der Waals surface area contributed by atoms with E-state index in [1.165, 1.54) is 18.2 Å². The number of aromatic carboxylic acids is 1. The minimum absolute atomic E-state index is 0.00107. The zero-order chi connectivity index (χ0) is 15.4. The van der Waals surface area contributed by atoms with E-state index in [0.717, 1.165) is 0 Å². The number of nitrogens with one attached hydrogen (secondary N) is 2. The molecule has 0 aliphatic rings. The molecule has 0 atom stereocenters. The van der Waals surface area contributed by atoms with Gasteiger partial charge in [0.2, 0.25) is 0 Å². The second-order valence-electron chi connectivity index (χ2n) is 4.25. The quantitative estimate of drug-likeness (QED) is 0.635. The van der Waals surface area contributed by atoms with Crippen LogP contribution >= 0.6 is 0 Å². The molecule has 1 heterocycles. The zero-order valence-corrected chi connectivity index (χ0v) is 11.1. The van der Waals surface area contributed by atoms with Crippen LogP contribution in [-0.4, -0.2) is 27.4 Å². The smallest absolute Gasteiger partial charge is 0.339 e. The summed E-state index contributed by atoms with van der Waals surface area (Å²) in [4.78, 5) is 22.5. The van der Waals surface area contributed by atoms with Gasteiger partial charge in [-0.1, -0.05) is 11.2 Å². The summed E-state index contributed by atoms with van der Waals surface area (Å²) in [6.45, 7) is 1.87. The van der Waals surface area contributed by atoms with Crippen molar-refractivity contribution in [1.82, 2.24) is 10.5 Å². The van der Waals surface area contributed by atoms with Gasteiger partial charge in [-0.15, -0.1) is 0 Å². The van der Waals surface area contributed by atoms with Crippen molar-refractivity contribution in [3.8, 4) is 5.75 Å². The van der Waals surface area contributed by atoms with E-state index in [-0.39, 0.29) is 17.8 Å². The number of aromatic hydroxyl groups is 1. The Morgan fingerprint density at radius 2 is 2.14 bits per heavy atom. The predicted octanol–water partition coefficient (Wildman–Crippen LogP) is 1.71. The van der Waals surface area contributed by atoms with E-state index in [4.69, 9.17) is 9.63 Å². The number of carboxylic acids is 1. The maximum atomic E-state index is 11.7. The Balaban J connectivity index is 1.99. The number of urea groups is 1. The van der Waals surface area contributed by atoms with Gasteiger partial charge in [-0.3, -0.25) is 0 Å². The predicted molar refractivity (Wildman–Crippen MR) is 72.2 cm³/mol. The number of hydrogen-bond acceptors (Lipinski definition) is 5. The topological polar surface area (TPSA) is 125 Å². The second kappa shape index (κ2) is 5.95. The van der Waals surface area contributed by atoms with E-state index in [1.807, 2.05) is 0 Å². The van der Waals surface area contributed by atoms with E-state index < -0.39 is 17.7 Å². The fourth-order valence-corrected chi connectivity index (χ4v) is 1.65. The fraction of sp³-hybridized carbons (Fsp3) is 0.154. The molecule has 1 aromatic carbocycles. The van der Waals surface area contributed by atoms with E-state index >= 15 is 0 Å². The number of benzene rings is 1. The molecular formula is C13H13N3O5. The number of phenols is 1. The summed E-state index contributed by atoms with van der Waals surface area (Å²) in [5, 5.41) is 27.1. The van der Waals surface area contributed by atoms with Gasteiger partial charge in [-0.2, -0.15) is 0 Å². The van der Waals surface area contributed by atoms with Crippen LogP contribution in [-0.2, 0) is 6.54 Å². The average molecular weight is 291 g/mol. The Kier molecular flexibility index (Phi) is 4.07. The highest BCUT2D eigenvalue weighted by Gasteiger charge is 2.14. The number of para-hydroxylation sites is 1. The summed E-state index contributed by atoms with van der Waals surface area (Å²) in [6, 6.07) is 5.10. The van der Waals surface area contributed by atoms with E-state index in [0.29, 0.717) is 11.5 Å². The van der Waals surface area contributed by atoms with Gasteiger partial charge in [0.15, 0.2) is 11.5 Å². The van der Waals surface area contributed by atoms with Gasteiger partial charge >= 0.3 is 12.0 Å². The van der Waals surface area contributed by atoms with Gasteiger partial charge < -0.3 is 25.4 Å². The van der Waals surface area contributed by atoms with Crippen molar-refractivity contribution in [3.63, 3.8) is 0 Å². The molecule has 0 bridgehead atoms. The average Bonchev–Trinajstić information content (AvgIpc) is 2.84. The molecule has 8 heteroatoms. The number of carbonyl (C=O) groups is 2. The number of rotatable bonds is 4. The van der Waals surface area contributed by atoms with Gasteiger partial charge in [0, 0.05) is 6.07 Å². The van der Waals surface area contributed by atoms with E-state index in [1.54, 1.807) is 13.0 Å². The van der Waals surface area contributed by atoms with E-state index in [2.05, 4.69) is 15.8 Å². The van der Waals surface area contributed by atoms with Crippen LogP contribution < -0.4 is 10.6 Å². The first kappa shape index (κ1) is 14.4. The van der Waals surface area contributed by atoms with Crippen LogP contribution in [0.4, 0.5) is 10.5 Å². The first-order valence-electron chi connectivity index (χ1n) is 5.99. The first-order valence-corrected chi connectivity index (χ1v) is 5.99. The highest BCUT2D eigenvalue weighted by molar-refractivity contribution is 5.97. The third-order valence-electron chi connectivity index (χ3n) is 2.61. The minimum atomic E-state index is -1.28. The molecule has 4 N–H and O–H groups in total. The Morgan fingerprint density at radius 3 is 2.76 bits per heavy atom. The van der Waals surface area contributed by atoms with E-state index in [9.17, 15) is 14.7 Å². The molecule has 0 aliphatic carbocycles. The van der Waals surface area contributed by atoms with Crippen molar-refractivity contribution < 1.29 is 24.3 Å². The van der Waals surface area contributed by atoms with Crippen molar-refractivity contribution in [2.75, 3.05) is 5.32 Å². The van der Waals surface area contributed by atoms with Crippen LogP contribution in [0, 0.1) is 6.92 Å². The van der Waals surface area contributed by atoms with Crippen molar-refractivity contribution in [2.24, 2.45) is 0 Å². The summed E-state index contributed by atoms with van der Waals surface area (Å²) < 4.78 is 4.92. The zero-order valence-electron chi connectivity index (χ0n) is 11.1. The lowest BCUT2D eigenvalue weighted by molar-refractivity contribution is 0.0693. The Morgan fingerprint density at radius 1 is 1.38 bits per heavy atom. The molecule has 2 aromatic rings. The highest BCUT2D eigenvalue weighted by atomic mass is 16.5. The lowest BCUT2D eigenvalue weighted by Crippen LogP contribution is -2.28. The van der Waals surface area contributed by atoms with Crippen LogP contribution in [0.3, 0.4) is 0 Å². The van der Waals surface area contributed by atoms with Crippen LogP contribution in [0.25, 0.3) is 0 Å². The molecule has 0 aliphatic heterocycles. The van der Waals surface area contributed by atoms with Crippen LogP contribution in [0.1, 0.15) is 21.8 Å². The van der Waals surface area contributed by atoms with Gasteiger partial charge in [0.1, 0.15) is 5.56 Å². The first-order chi connectivity index (χ1) is 9.97. The van der Waals surface area contributed by atoms with Crippen molar-refractivity contribution in [3.05, 3.63) is 41.3 Å². The monoisotopic (exact) mass is 291 g/mol. The number of carbonyl (C=O) groups excluding carboxylic acids is 1. The van der Waals surface area contributed by atoms with Crippen molar-refractivity contribution >= 4 is 17.7 Å². The molecule has 2 rings (SSSR count). The van der Waals surface area contributed by atoms with Gasteiger partial charge in [0.25, 0.3) is 0 Å². The third-order valence-corrected chi connectivity index (χ3v) is 2.61. The van der Waals surface area contributed by atoms with Crippen molar-refractivity contribution in [2.45, 2.75) is 13.5 Å². The molecule has 110 valence electrons. The van der Waals surface area contributed by atoms with Gasteiger partial charge in [-0.25, -0.2) is 9.59 Å². The molecule has 0 saturated heterocycles. The summed E-state index contributed by atoms with van der Waals surface area (Å²) in [7, 11) is 0. The maximum Gasteiger partial charge on any atom is 0.339 e. The Hall–Kier alpha value is -3.03. The molecule has 0 saturated carbocycles. The minimum Gasteiger partial charge on any atom is -0.505 e. The summed E-state index contributed by atoms with van der Waals surface area (Å²) in [6.07, 6.45) is 0. The fourth-order valence-electron chi connectivity index (χ4n) is 1.65. The normalized spacial score (nSPS) is 10.1. The number of aryl methyl sites for hydroxylation is 1. The number of nitrogens with zero attached hydrogens (tertiary/aromatic N) is 1. The van der Waals surface area contributed by atoms with Gasteiger partial charge in [0.05, 0.1) is 17.9 Å². The largest absolute Gasteiger partial charge is 0.505 e.